The van der Waals surface area contributed by atoms with Crippen LogP contribution in [0.4, 0.5) is 31.1 Å². The molecule has 0 aromatic heterocycles. The molecule has 1 unspecified atom stereocenters. The van der Waals surface area contributed by atoms with Gasteiger partial charge < -0.3 is 29.7 Å². The molecule has 3 aromatic carbocycles. The molecule has 3 aromatic rings. The first-order valence-corrected chi connectivity index (χ1v) is 14.5. The molecule has 3 N–H and O–H groups in total. The number of imide groups is 1. The van der Waals surface area contributed by atoms with Gasteiger partial charge in [-0.25, -0.2) is 4.79 Å². The van der Waals surface area contributed by atoms with Gasteiger partial charge in [-0.05, 0) is 60.9 Å². The maximum Gasteiger partial charge on any atom is 0.430 e. The number of halogens is 6. The van der Waals surface area contributed by atoms with E-state index in [-0.39, 0.29) is 35.5 Å². The Bertz CT molecular complexity index is 1760. The Morgan fingerprint density at radius 1 is 0.958 bits per heavy atom. The number of hydrogen-bond acceptors (Lipinski definition) is 8. The summed E-state index contributed by atoms with van der Waals surface area (Å²) >= 11 is 0. The van der Waals surface area contributed by atoms with Crippen molar-refractivity contribution in [2.45, 2.75) is 50.2 Å². The van der Waals surface area contributed by atoms with Crippen LogP contribution in [0.25, 0.3) is 0 Å². The number of phenols is 1. The highest BCUT2D eigenvalue weighted by atomic mass is 19.4. The van der Waals surface area contributed by atoms with Crippen molar-refractivity contribution >= 4 is 17.7 Å². The molecule has 0 radical (unpaired) electrons. The molecule has 2 heterocycles. The van der Waals surface area contributed by atoms with Gasteiger partial charge in [-0.1, -0.05) is 25.5 Å². The average Bonchev–Trinajstić information content (AvgIpc) is 3.23. The number of rotatable bonds is 9. The van der Waals surface area contributed by atoms with E-state index in [9.17, 15) is 50.9 Å². The summed E-state index contributed by atoms with van der Waals surface area (Å²) < 4.78 is 97.3. The van der Waals surface area contributed by atoms with Crippen molar-refractivity contribution in [1.29, 1.82) is 0 Å². The lowest BCUT2D eigenvalue weighted by atomic mass is 9.90. The molecular weight excluding hydrogens is 654 g/mol. The van der Waals surface area contributed by atoms with Crippen LogP contribution in [0, 0.1) is 0 Å². The van der Waals surface area contributed by atoms with Crippen LogP contribution in [-0.4, -0.2) is 64.9 Å². The Labute approximate surface area is 268 Å². The number of Topliss-reactive ketones (excluding diaryl/α,β-unsaturated/α-hetero) is 1. The zero-order valence-electron chi connectivity index (χ0n) is 25.3. The number of benzene rings is 3. The summed E-state index contributed by atoms with van der Waals surface area (Å²) in [5, 5.41) is 23.0. The summed E-state index contributed by atoms with van der Waals surface area (Å²) in [7, 11) is 0. The first-order chi connectivity index (χ1) is 22.4. The van der Waals surface area contributed by atoms with E-state index in [0.717, 1.165) is 18.2 Å². The number of ketones is 1. The predicted octanol–water partition coefficient (Wildman–Crippen LogP) is 5.87. The first-order valence-electron chi connectivity index (χ1n) is 14.5. The molecule has 1 saturated heterocycles. The van der Waals surface area contributed by atoms with Crippen molar-refractivity contribution in [2.24, 2.45) is 0 Å². The number of nitrogens with one attached hydrogen (secondary N) is 1. The predicted molar refractivity (Wildman–Crippen MR) is 154 cm³/mol. The Hall–Kier alpha value is -4.99. The number of nitrogens with zero attached hydrogens (tertiary/aromatic N) is 1. The van der Waals surface area contributed by atoms with Gasteiger partial charge in [0.25, 0.3) is 11.5 Å². The number of aliphatic hydroxyl groups is 1. The van der Waals surface area contributed by atoms with Crippen LogP contribution >= 0.6 is 0 Å². The highest BCUT2D eigenvalue weighted by Crippen LogP contribution is 2.51. The number of aryl methyl sites for hydroxylation is 1. The van der Waals surface area contributed by atoms with Gasteiger partial charge >= 0.3 is 18.4 Å². The largest absolute Gasteiger partial charge is 0.507 e. The minimum atomic E-state index is -6.07. The molecule has 1 fully saturated rings. The second kappa shape index (κ2) is 12.2. The smallest absolute Gasteiger partial charge is 0.430 e. The number of aromatic hydroxyl groups is 1. The Kier molecular flexibility index (Phi) is 8.75. The van der Waals surface area contributed by atoms with Crippen LogP contribution in [-0.2, 0) is 22.4 Å². The third-order valence-corrected chi connectivity index (χ3v) is 8.01. The standard InChI is InChI=1S/C32H28F6N2O8/c1-3-4-17-13-19(30(45,31(33,34)35)32(36,37)38)6-9-24(17)48-20-7-8-21(22(41)15-20)23(42)16-40-27(43)29(2,39-28(40)44)18-5-10-25-26(14-18)47-12-11-46-25/h5-10,13-15,41,45H,3-4,11-12,16H2,1-2H3,(H,39,44). The van der Waals surface area contributed by atoms with E-state index in [1.807, 2.05) is 0 Å². The molecule has 16 heteroatoms. The van der Waals surface area contributed by atoms with E-state index in [1.165, 1.54) is 13.0 Å². The van der Waals surface area contributed by atoms with Crippen LogP contribution in [0.15, 0.2) is 54.6 Å². The van der Waals surface area contributed by atoms with Crippen molar-refractivity contribution < 1.29 is 65.1 Å². The molecule has 5 rings (SSSR count). The number of fused-ring (bicyclic) bond motifs is 1. The third-order valence-electron chi connectivity index (χ3n) is 8.01. The molecule has 10 nitrogen and oxygen atoms in total. The van der Waals surface area contributed by atoms with Crippen LogP contribution in [0.1, 0.15) is 47.3 Å². The second-order valence-corrected chi connectivity index (χ2v) is 11.3. The van der Waals surface area contributed by atoms with Gasteiger partial charge in [0.15, 0.2) is 17.3 Å². The summed E-state index contributed by atoms with van der Waals surface area (Å²) in [5.41, 5.74) is -8.15. The van der Waals surface area contributed by atoms with E-state index in [2.05, 4.69) is 5.32 Å². The zero-order valence-corrected chi connectivity index (χ0v) is 25.3. The topological polar surface area (TPSA) is 135 Å². The minimum absolute atomic E-state index is 0.0331. The van der Waals surface area contributed by atoms with Crippen molar-refractivity contribution in [3.05, 3.63) is 76.9 Å². The van der Waals surface area contributed by atoms with E-state index in [4.69, 9.17) is 14.2 Å². The molecule has 0 spiro atoms. The SMILES string of the molecule is CCCc1cc(C(O)(C(F)(F)F)C(F)(F)F)ccc1Oc1ccc(C(=O)CN2C(=O)NC(C)(c3ccc4c(c3)OCCO4)C2=O)c(O)c1. The van der Waals surface area contributed by atoms with Crippen LogP contribution in [0.5, 0.6) is 28.7 Å². The van der Waals surface area contributed by atoms with Gasteiger partial charge in [-0.2, -0.15) is 26.3 Å². The first kappa shape index (κ1) is 34.3. The summed E-state index contributed by atoms with van der Waals surface area (Å²) in [6.07, 6.45) is -11.9. The fraction of sp³-hybridized carbons (Fsp3) is 0.344. The third kappa shape index (κ3) is 5.95. The highest BCUT2D eigenvalue weighted by molar-refractivity contribution is 6.11. The molecule has 0 saturated carbocycles. The van der Waals surface area contributed by atoms with Gasteiger partial charge in [0, 0.05) is 11.6 Å². The van der Waals surface area contributed by atoms with Gasteiger partial charge in [0.1, 0.15) is 36.0 Å². The van der Waals surface area contributed by atoms with Crippen LogP contribution < -0.4 is 19.5 Å². The summed E-state index contributed by atoms with van der Waals surface area (Å²) in [5.74, 6) is -1.67. The zero-order chi connectivity index (χ0) is 35.2. The normalized spacial score (nSPS) is 18.1. The fourth-order valence-corrected chi connectivity index (χ4v) is 5.41. The summed E-state index contributed by atoms with van der Waals surface area (Å²) in [6.45, 7) is 2.97. The molecule has 48 heavy (non-hydrogen) atoms. The Morgan fingerprint density at radius 3 is 2.25 bits per heavy atom. The number of carbonyl (C=O) groups excluding carboxylic acids is 3. The monoisotopic (exact) mass is 682 g/mol. The molecular formula is C32H28F6N2O8. The lowest BCUT2D eigenvalue weighted by Gasteiger charge is -2.33. The number of urea groups is 1. The van der Waals surface area contributed by atoms with Crippen molar-refractivity contribution in [3.63, 3.8) is 0 Å². The minimum Gasteiger partial charge on any atom is -0.507 e. The van der Waals surface area contributed by atoms with Crippen molar-refractivity contribution in [1.82, 2.24) is 10.2 Å². The highest BCUT2D eigenvalue weighted by Gasteiger charge is 2.71. The summed E-state index contributed by atoms with van der Waals surface area (Å²) in [4.78, 5) is 40.0. The Balaban J connectivity index is 1.34. The molecule has 1 atom stereocenters. The van der Waals surface area contributed by atoms with Crippen molar-refractivity contribution in [3.8, 4) is 28.7 Å². The van der Waals surface area contributed by atoms with E-state index < -0.39 is 59.1 Å². The molecule has 2 aliphatic rings. The van der Waals surface area contributed by atoms with Crippen molar-refractivity contribution in [2.75, 3.05) is 19.8 Å². The average molecular weight is 683 g/mol. The van der Waals surface area contributed by atoms with E-state index in [0.29, 0.717) is 47.3 Å². The van der Waals surface area contributed by atoms with Gasteiger partial charge in [0.05, 0.1) is 12.1 Å². The summed E-state index contributed by atoms with van der Waals surface area (Å²) in [6, 6.07) is 8.96. The van der Waals surface area contributed by atoms with E-state index >= 15 is 0 Å². The fourth-order valence-electron chi connectivity index (χ4n) is 5.41. The number of amides is 3. The number of ether oxygens (including phenoxy) is 3. The van der Waals surface area contributed by atoms with Crippen LogP contribution in [0.3, 0.4) is 0 Å². The molecule has 0 bridgehead atoms. The molecule has 256 valence electrons. The molecule has 3 amide bonds. The van der Waals surface area contributed by atoms with Crippen LogP contribution in [0.2, 0.25) is 0 Å². The number of phenolic OH excluding ortho intramolecular Hbond substituents is 1. The Morgan fingerprint density at radius 2 is 1.62 bits per heavy atom. The quantitative estimate of drug-likeness (QED) is 0.145. The number of carbonyl (C=O) groups is 3. The lowest BCUT2D eigenvalue weighted by molar-refractivity contribution is -0.376. The van der Waals surface area contributed by atoms with Gasteiger partial charge in [-0.15, -0.1) is 0 Å². The second-order valence-electron chi connectivity index (χ2n) is 11.3. The van der Waals surface area contributed by atoms with Gasteiger partial charge in [-0.3, -0.25) is 14.5 Å². The molecule has 2 aliphatic heterocycles. The van der Waals surface area contributed by atoms with Gasteiger partial charge in [0.2, 0.25) is 0 Å². The maximum atomic E-state index is 13.4. The lowest BCUT2D eigenvalue weighted by Crippen LogP contribution is -2.53. The number of alkyl halides is 6. The van der Waals surface area contributed by atoms with E-state index in [1.54, 1.807) is 25.1 Å². The molecule has 0 aliphatic carbocycles. The maximum absolute atomic E-state index is 13.4. The number of hydrogen-bond donors (Lipinski definition) is 3.